The molecular formula is C10H13. The minimum absolute atomic E-state index is 1.06. The van der Waals surface area contributed by atoms with Crippen LogP contribution in [-0.2, 0) is 0 Å². The van der Waals surface area contributed by atoms with Crippen LogP contribution in [-0.4, -0.2) is 0 Å². The molecule has 0 saturated heterocycles. The Balaban J connectivity index is 2.38. The molecule has 1 rings (SSSR count). The van der Waals surface area contributed by atoms with E-state index in [1.165, 1.54) is 12.8 Å². The fraction of sp³-hybridized carbons (Fsp3) is 0.400. The Morgan fingerprint density at radius 2 is 2.00 bits per heavy atom. The molecule has 0 atom stereocenters. The van der Waals surface area contributed by atoms with E-state index in [2.05, 4.69) is 30.4 Å². The first-order valence-electron chi connectivity index (χ1n) is 3.88. The van der Waals surface area contributed by atoms with Gasteiger partial charge in [-0.2, -0.15) is 0 Å². The standard InChI is InChI=1S/C10H13/c1-2-4-6-8-10-9-7-5-3-1/h1-2,5,7,10H,3-4,6,8H2/b2-1-,7-5+,10-9?. The van der Waals surface area contributed by atoms with Gasteiger partial charge in [0.25, 0.3) is 0 Å². The van der Waals surface area contributed by atoms with Crippen LogP contribution >= 0.6 is 0 Å². The van der Waals surface area contributed by atoms with Crippen LogP contribution in [0, 0.1) is 6.08 Å². The topological polar surface area (TPSA) is 0 Å². The van der Waals surface area contributed by atoms with Gasteiger partial charge in [-0.25, -0.2) is 0 Å². The molecule has 0 nitrogen and oxygen atoms in total. The van der Waals surface area contributed by atoms with Crippen molar-refractivity contribution in [3.05, 3.63) is 36.5 Å². The van der Waals surface area contributed by atoms with Crippen LogP contribution in [0.2, 0.25) is 0 Å². The summed E-state index contributed by atoms with van der Waals surface area (Å²) in [6, 6.07) is 0. The second kappa shape index (κ2) is 5.04. The van der Waals surface area contributed by atoms with Crippen LogP contribution in [0.4, 0.5) is 0 Å². The third kappa shape index (κ3) is 3.29. The number of rotatable bonds is 0. The van der Waals surface area contributed by atoms with Crippen LogP contribution in [0.15, 0.2) is 30.4 Å². The van der Waals surface area contributed by atoms with Crippen molar-refractivity contribution in [1.82, 2.24) is 0 Å². The number of allylic oxidation sites excluding steroid dienone is 6. The van der Waals surface area contributed by atoms with Gasteiger partial charge in [0.1, 0.15) is 0 Å². The molecule has 0 fully saturated rings. The monoisotopic (exact) mass is 133 g/mol. The predicted octanol–water partition coefficient (Wildman–Crippen LogP) is 3.03. The van der Waals surface area contributed by atoms with Crippen molar-refractivity contribution in [3.63, 3.8) is 0 Å². The first kappa shape index (κ1) is 7.33. The van der Waals surface area contributed by atoms with Gasteiger partial charge in [0.05, 0.1) is 0 Å². The number of hydrogen-bond acceptors (Lipinski definition) is 0. The minimum atomic E-state index is 1.06. The minimum Gasteiger partial charge on any atom is -0.0882 e. The van der Waals surface area contributed by atoms with Crippen molar-refractivity contribution in [2.45, 2.75) is 25.7 Å². The number of hydrogen-bond donors (Lipinski definition) is 0. The molecule has 10 heavy (non-hydrogen) atoms. The van der Waals surface area contributed by atoms with E-state index >= 15 is 0 Å². The Hall–Kier alpha value is -0.780. The molecule has 0 aromatic carbocycles. The Labute approximate surface area is 62.9 Å². The smallest absolute Gasteiger partial charge is 0.0166 e. The van der Waals surface area contributed by atoms with Gasteiger partial charge in [-0.05, 0) is 31.8 Å². The maximum Gasteiger partial charge on any atom is -0.0166 e. The highest BCUT2D eigenvalue weighted by molar-refractivity contribution is 5.00. The normalized spacial score (nSPS) is 28.8. The summed E-state index contributed by atoms with van der Waals surface area (Å²) in [5, 5.41) is 0. The Kier molecular flexibility index (Phi) is 3.69. The second-order valence-electron chi connectivity index (χ2n) is 2.41. The lowest BCUT2D eigenvalue weighted by atomic mass is 10.2. The first-order chi connectivity index (χ1) is 5.00. The van der Waals surface area contributed by atoms with Gasteiger partial charge in [-0.3, -0.25) is 0 Å². The summed E-state index contributed by atoms with van der Waals surface area (Å²) in [7, 11) is 0. The molecule has 0 amide bonds. The average Bonchev–Trinajstić information content (AvgIpc) is 2.01. The van der Waals surface area contributed by atoms with Gasteiger partial charge in [0, 0.05) is 0 Å². The summed E-state index contributed by atoms with van der Waals surface area (Å²) < 4.78 is 0. The van der Waals surface area contributed by atoms with E-state index in [9.17, 15) is 0 Å². The van der Waals surface area contributed by atoms with Crippen molar-refractivity contribution in [3.8, 4) is 0 Å². The predicted molar refractivity (Wildman–Crippen MR) is 44.6 cm³/mol. The second-order valence-corrected chi connectivity index (χ2v) is 2.41. The summed E-state index contributed by atoms with van der Waals surface area (Å²) in [6.45, 7) is 0. The largest absolute Gasteiger partial charge is 0.0882 e. The third-order valence-corrected chi connectivity index (χ3v) is 1.49. The molecular weight excluding hydrogens is 120 g/mol. The van der Waals surface area contributed by atoms with E-state index in [0.717, 1.165) is 12.8 Å². The summed E-state index contributed by atoms with van der Waals surface area (Å²) >= 11 is 0. The zero-order valence-corrected chi connectivity index (χ0v) is 6.22. The van der Waals surface area contributed by atoms with Gasteiger partial charge in [-0.15, -0.1) is 0 Å². The lowest BCUT2D eigenvalue weighted by molar-refractivity contribution is 0.863. The lowest BCUT2D eigenvalue weighted by Crippen LogP contribution is -1.71. The summed E-state index contributed by atoms with van der Waals surface area (Å²) in [6.07, 6.45) is 18.5. The van der Waals surface area contributed by atoms with Gasteiger partial charge < -0.3 is 0 Å². The van der Waals surface area contributed by atoms with Crippen molar-refractivity contribution in [2.75, 3.05) is 0 Å². The molecule has 0 bridgehead atoms. The Bertz CT molecular complexity index is 149. The lowest BCUT2D eigenvalue weighted by Gasteiger charge is -1.90. The molecule has 1 aliphatic carbocycles. The van der Waals surface area contributed by atoms with Crippen molar-refractivity contribution >= 4 is 0 Å². The molecule has 0 aromatic heterocycles. The summed E-state index contributed by atoms with van der Waals surface area (Å²) in [4.78, 5) is 0. The molecule has 0 heterocycles. The molecule has 0 N–H and O–H groups in total. The van der Waals surface area contributed by atoms with Crippen molar-refractivity contribution < 1.29 is 0 Å². The van der Waals surface area contributed by atoms with Crippen molar-refractivity contribution in [1.29, 1.82) is 0 Å². The molecule has 0 unspecified atom stereocenters. The molecule has 0 aliphatic heterocycles. The van der Waals surface area contributed by atoms with E-state index in [0.29, 0.717) is 0 Å². The highest BCUT2D eigenvalue weighted by atomic mass is 13.9. The highest BCUT2D eigenvalue weighted by Crippen LogP contribution is 2.00. The van der Waals surface area contributed by atoms with E-state index < -0.39 is 0 Å². The van der Waals surface area contributed by atoms with E-state index in [-0.39, 0.29) is 0 Å². The molecule has 1 aliphatic rings. The zero-order chi connectivity index (χ0) is 7.07. The summed E-state index contributed by atoms with van der Waals surface area (Å²) in [5.41, 5.74) is 0. The van der Waals surface area contributed by atoms with Crippen LogP contribution in [0.25, 0.3) is 0 Å². The summed E-state index contributed by atoms with van der Waals surface area (Å²) in [5.74, 6) is 0. The van der Waals surface area contributed by atoms with Crippen molar-refractivity contribution in [2.24, 2.45) is 0 Å². The average molecular weight is 133 g/mol. The molecule has 0 spiro atoms. The van der Waals surface area contributed by atoms with E-state index in [4.69, 9.17) is 0 Å². The quantitative estimate of drug-likeness (QED) is 0.445. The molecule has 0 saturated carbocycles. The molecule has 0 aromatic rings. The zero-order valence-electron chi connectivity index (χ0n) is 6.22. The first-order valence-corrected chi connectivity index (χ1v) is 3.88. The van der Waals surface area contributed by atoms with Crippen LogP contribution in [0.1, 0.15) is 25.7 Å². The maximum atomic E-state index is 3.12. The molecule has 1 radical (unpaired) electrons. The molecule has 53 valence electrons. The van der Waals surface area contributed by atoms with E-state index in [1.54, 1.807) is 0 Å². The van der Waals surface area contributed by atoms with Gasteiger partial charge in [0.15, 0.2) is 0 Å². The van der Waals surface area contributed by atoms with Crippen LogP contribution < -0.4 is 0 Å². The molecule has 0 heteroatoms. The Morgan fingerprint density at radius 3 is 3.00 bits per heavy atom. The SMILES string of the molecule is [C]1=C\CCC/C=C\C/C=C/1. The van der Waals surface area contributed by atoms with Gasteiger partial charge in [0.2, 0.25) is 0 Å². The Morgan fingerprint density at radius 1 is 1.00 bits per heavy atom. The highest BCUT2D eigenvalue weighted by Gasteiger charge is 1.81. The van der Waals surface area contributed by atoms with Crippen LogP contribution in [0.3, 0.4) is 0 Å². The van der Waals surface area contributed by atoms with Gasteiger partial charge >= 0.3 is 0 Å². The maximum absolute atomic E-state index is 3.12. The van der Waals surface area contributed by atoms with Crippen LogP contribution in [0.5, 0.6) is 0 Å². The van der Waals surface area contributed by atoms with Gasteiger partial charge in [-0.1, -0.05) is 30.4 Å². The fourth-order valence-corrected chi connectivity index (χ4v) is 0.918. The third-order valence-electron chi connectivity index (χ3n) is 1.49. The fourth-order valence-electron chi connectivity index (χ4n) is 0.918. The van der Waals surface area contributed by atoms with E-state index in [1.807, 2.05) is 6.08 Å².